The van der Waals surface area contributed by atoms with Crippen molar-refractivity contribution in [3.05, 3.63) is 22.6 Å². The van der Waals surface area contributed by atoms with Gasteiger partial charge in [-0.25, -0.2) is 0 Å². The molecule has 4 heteroatoms. The van der Waals surface area contributed by atoms with Crippen molar-refractivity contribution in [3.63, 3.8) is 0 Å². The highest BCUT2D eigenvalue weighted by Gasteiger charge is 2.23. The van der Waals surface area contributed by atoms with Crippen molar-refractivity contribution >= 4 is 15.9 Å². The molecule has 0 aliphatic heterocycles. The minimum Gasteiger partial charge on any atom is -0.453 e. The van der Waals surface area contributed by atoms with Gasteiger partial charge in [0.1, 0.15) is 5.76 Å². The van der Waals surface area contributed by atoms with Crippen LogP contribution in [0.1, 0.15) is 39.0 Å². The lowest BCUT2D eigenvalue weighted by Gasteiger charge is -2.32. The molecular weight excluding hydrogens is 268 g/mol. The fourth-order valence-corrected chi connectivity index (χ4v) is 2.27. The maximum absolute atomic E-state index is 5.87. The lowest BCUT2D eigenvalue weighted by Crippen LogP contribution is -2.39. The maximum Gasteiger partial charge on any atom is 0.169 e. The number of nitrogens with two attached hydrogens (primary N) is 1. The summed E-state index contributed by atoms with van der Waals surface area (Å²) in [5.41, 5.74) is 5.87. The molecule has 0 radical (unpaired) electrons. The molecule has 92 valence electrons. The van der Waals surface area contributed by atoms with E-state index in [0.717, 1.165) is 23.4 Å². The van der Waals surface area contributed by atoms with Crippen LogP contribution in [0.15, 0.2) is 21.2 Å². The first-order valence-electron chi connectivity index (χ1n) is 5.81. The topological polar surface area (TPSA) is 42.4 Å². The summed E-state index contributed by atoms with van der Waals surface area (Å²) in [5, 5.41) is 0. The van der Waals surface area contributed by atoms with Gasteiger partial charge in [-0.05, 0) is 54.9 Å². The molecule has 3 nitrogen and oxygen atoms in total. The smallest absolute Gasteiger partial charge is 0.169 e. The van der Waals surface area contributed by atoms with Gasteiger partial charge in [0.2, 0.25) is 0 Å². The molecule has 0 spiro atoms. The lowest BCUT2D eigenvalue weighted by molar-refractivity contribution is 0.139. The Morgan fingerprint density at radius 1 is 1.44 bits per heavy atom. The molecule has 1 aromatic heterocycles. The van der Waals surface area contributed by atoms with Gasteiger partial charge in [0.05, 0.1) is 6.04 Å². The van der Waals surface area contributed by atoms with E-state index in [9.17, 15) is 0 Å². The summed E-state index contributed by atoms with van der Waals surface area (Å²) < 4.78 is 6.37. The Balaban J connectivity index is 2.85. The molecule has 0 fully saturated rings. The first kappa shape index (κ1) is 13.7. The second-order valence-electron chi connectivity index (χ2n) is 4.22. The molecule has 1 aromatic rings. The van der Waals surface area contributed by atoms with Crippen LogP contribution >= 0.6 is 15.9 Å². The van der Waals surface area contributed by atoms with Gasteiger partial charge >= 0.3 is 0 Å². The van der Waals surface area contributed by atoms with Crippen LogP contribution in [0, 0.1) is 0 Å². The van der Waals surface area contributed by atoms with Crippen LogP contribution in [0.4, 0.5) is 0 Å². The average molecular weight is 289 g/mol. The lowest BCUT2D eigenvalue weighted by atomic mass is 10.1. The summed E-state index contributed by atoms with van der Waals surface area (Å²) >= 11 is 3.33. The zero-order chi connectivity index (χ0) is 12.1. The van der Waals surface area contributed by atoms with Crippen molar-refractivity contribution in [1.82, 2.24) is 4.90 Å². The highest BCUT2D eigenvalue weighted by atomic mass is 79.9. The van der Waals surface area contributed by atoms with Gasteiger partial charge in [-0.1, -0.05) is 6.92 Å². The molecule has 0 aliphatic rings. The Morgan fingerprint density at radius 3 is 2.50 bits per heavy atom. The summed E-state index contributed by atoms with van der Waals surface area (Å²) in [5.74, 6) is 0.941. The summed E-state index contributed by atoms with van der Waals surface area (Å²) in [6.07, 6.45) is 1.12. The quantitative estimate of drug-likeness (QED) is 0.874. The Morgan fingerprint density at radius 2 is 2.12 bits per heavy atom. The van der Waals surface area contributed by atoms with Gasteiger partial charge < -0.3 is 10.2 Å². The van der Waals surface area contributed by atoms with E-state index in [4.69, 9.17) is 10.2 Å². The van der Waals surface area contributed by atoms with E-state index in [-0.39, 0.29) is 6.04 Å². The molecule has 0 saturated carbocycles. The van der Waals surface area contributed by atoms with Gasteiger partial charge in [-0.3, -0.25) is 4.90 Å². The largest absolute Gasteiger partial charge is 0.453 e. The fourth-order valence-electron chi connectivity index (χ4n) is 1.95. The van der Waals surface area contributed by atoms with E-state index in [1.165, 1.54) is 0 Å². The average Bonchev–Trinajstić information content (AvgIpc) is 2.64. The summed E-state index contributed by atoms with van der Waals surface area (Å²) in [6.45, 7) is 8.18. The highest BCUT2D eigenvalue weighted by Crippen LogP contribution is 2.26. The van der Waals surface area contributed by atoms with E-state index in [1.807, 2.05) is 12.1 Å². The molecule has 0 aliphatic carbocycles. The number of rotatable bonds is 6. The molecule has 1 unspecified atom stereocenters. The molecule has 0 saturated heterocycles. The fraction of sp³-hybridized carbons (Fsp3) is 0.667. The summed E-state index contributed by atoms with van der Waals surface area (Å²) in [4.78, 5) is 2.38. The maximum atomic E-state index is 5.87. The Hall–Kier alpha value is -0.320. The van der Waals surface area contributed by atoms with E-state index in [0.29, 0.717) is 12.6 Å². The standard InChI is InChI=1S/C12H21BrN2O/c1-4-7-15(9(2)3)10(8-14)11-5-6-12(13)16-11/h5-6,9-10H,4,7-8,14H2,1-3H3. The van der Waals surface area contributed by atoms with E-state index >= 15 is 0 Å². The molecule has 0 bridgehead atoms. The molecule has 16 heavy (non-hydrogen) atoms. The summed E-state index contributed by atoms with van der Waals surface area (Å²) in [6, 6.07) is 4.55. The second kappa shape index (κ2) is 6.42. The molecule has 1 heterocycles. The number of hydrogen-bond acceptors (Lipinski definition) is 3. The van der Waals surface area contributed by atoms with Crippen LogP contribution in [-0.4, -0.2) is 24.0 Å². The minimum atomic E-state index is 0.172. The van der Waals surface area contributed by atoms with Crippen LogP contribution in [0.5, 0.6) is 0 Å². The van der Waals surface area contributed by atoms with E-state index < -0.39 is 0 Å². The van der Waals surface area contributed by atoms with E-state index in [2.05, 4.69) is 41.6 Å². The molecule has 0 amide bonds. The second-order valence-corrected chi connectivity index (χ2v) is 5.01. The van der Waals surface area contributed by atoms with Crippen molar-refractivity contribution in [3.8, 4) is 0 Å². The highest BCUT2D eigenvalue weighted by molar-refractivity contribution is 9.10. The monoisotopic (exact) mass is 288 g/mol. The Kier molecular flexibility index (Phi) is 5.52. The first-order valence-corrected chi connectivity index (χ1v) is 6.60. The first-order chi connectivity index (χ1) is 7.60. The third-order valence-corrected chi connectivity index (χ3v) is 3.12. The SMILES string of the molecule is CCCN(C(C)C)C(CN)c1ccc(Br)o1. The zero-order valence-electron chi connectivity index (χ0n) is 10.2. The zero-order valence-corrected chi connectivity index (χ0v) is 11.8. The van der Waals surface area contributed by atoms with Crippen LogP contribution < -0.4 is 5.73 Å². The van der Waals surface area contributed by atoms with Crippen LogP contribution in [0.2, 0.25) is 0 Å². The minimum absolute atomic E-state index is 0.172. The normalized spacial score (nSPS) is 13.7. The third-order valence-electron chi connectivity index (χ3n) is 2.69. The third kappa shape index (κ3) is 3.34. The number of furan rings is 1. The number of hydrogen-bond donors (Lipinski definition) is 1. The summed E-state index contributed by atoms with van der Waals surface area (Å²) in [7, 11) is 0. The Labute approximate surface area is 106 Å². The molecule has 1 atom stereocenters. The van der Waals surface area contributed by atoms with Gasteiger partial charge in [0.25, 0.3) is 0 Å². The predicted octanol–water partition coefficient (Wildman–Crippen LogP) is 3.16. The van der Waals surface area contributed by atoms with Gasteiger partial charge in [-0.15, -0.1) is 0 Å². The number of halogens is 1. The molecule has 2 N–H and O–H groups in total. The van der Waals surface area contributed by atoms with Crippen molar-refractivity contribution in [2.45, 2.75) is 39.3 Å². The van der Waals surface area contributed by atoms with Crippen molar-refractivity contribution in [1.29, 1.82) is 0 Å². The van der Waals surface area contributed by atoms with Crippen LogP contribution in [0.3, 0.4) is 0 Å². The predicted molar refractivity (Wildman–Crippen MR) is 70.3 cm³/mol. The molecule has 1 rings (SSSR count). The van der Waals surface area contributed by atoms with Crippen molar-refractivity contribution < 1.29 is 4.42 Å². The van der Waals surface area contributed by atoms with Gasteiger partial charge in [-0.2, -0.15) is 0 Å². The van der Waals surface area contributed by atoms with Crippen LogP contribution in [0.25, 0.3) is 0 Å². The number of nitrogens with zero attached hydrogens (tertiary/aromatic N) is 1. The Bertz CT molecular complexity index is 312. The van der Waals surface area contributed by atoms with Gasteiger partial charge in [0, 0.05) is 12.6 Å². The molecular formula is C12H21BrN2O. The van der Waals surface area contributed by atoms with Gasteiger partial charge in [0.15, 0.2) is 4.67 Å². The van der Waals surface area contributed by atoms with Crippen molar-refractivity contribution in [2.24, 2.45) is 5.73 Å². The van der Waals surface area contributed by atoms with Crippen molar-refractivity contribution in [2.75, 3.05) is 13.1 Å². The van der Waals surface area contributed by atoms with Crippen LogP contribution in [-0.2, 0) is 0 Å². The molecule has 0 aromatic carbocycles. The van der Waals surface area contributed by atoms with E-state index in [1.54, 1.807) is 0 Å².